The Morgan fingerprint density at radius 1 is 1.10 bits per heavy atom. The first-order chi connectivity index (χ1) is 10.3. The van der Waals surface area contributed by atoms with Crippen molar-refractivity contribution in [1.82, 2.24) is 10.2 Å². The molecule has 2 aromatic rings. The van der Waals surface area contributed by atoms with Crippen LogP contribution in [0.5, 0.6) is 5.75 Å². The molecule has 114 valence electrons. The standard InChI is InChI=1S/C17H24N2OS/c1-19(13-15-3-5-17(20-2)6-4-15)11-10-18-9-7-16-8-12-21-14-16/h3-6,8,12,14,18H,7,9-11,13H2,1-2H3. The molecular weight excluding hydrogens is 280 g/mol. The van der Waals surface area contributed by atoms with Crippen LogP contribution in [-0.4, -0.2) is 38.7 Å². The van der Waals surface area contributed by atoms with E-state index < -0.39 is 0 Å². The van der Waals surface area contributed by atoms with Gasteiger partial charge in [0.2, 0.25) is 0 Å². The average molecular weight is 304 g/mol. The molecule has 0 aliphatic heterocycles. The minimum absolute atomic E-state index is 0.913. The highest BCUT2D eigenvalue weighted by atomic mass is 32.1. The molecule has 0 aliphatic carbocycles. The highest BCUT2D eigenvalue weighted by Gasteiger charge is 2.01. The lowest BCUT2D eigenvalue weighted by atomic mass is 10.2. The molecule has 0 radical (unpaired) electrons. The number of benzene rings is 1. The van der Waals surface area contributed by atoms with Gasteiger partial charge in [0.15, 0.2) is 0 Å². The van der Waals surface area contributed by atoms with Crippen molar-refractivity contribution < 1.29 is 4.74 Å². The predicted molar refractivity (Wildman–Crippen MR) is 90.2 cm³/mol. The largest absolute Gasteiger partial charge is 0.497 e. The summed E-state index contributed by atoms with van der Waals surface area (Å²) in [4.78, 5) is 2.33. The predicted octanol–water partition coefficient (Wildman–Crippen LogP) is 3.02. The number of hydrogen-bond acceptors (Lipinski definition) is 4. The minimum Gasteiger partial charge on any atom is -0.497 e. The van der Waals surface area contributed by atoms with E-state index in [-0.39, 0.29) is 0 Å². The van der Waals surface area contributed by atoms with Crippen molar-refractivity contribution >= 4 is 11.3 Å². The SMILES string of the molecule is COc1ccc(CN(C)CCNCCc2ccsc2)cc1. The molecule has 1 N–H and O–H groups in total. The van der Waals surface area contributed by atoms with Crippen LogP contribution in [0.2, 0.25) is 0 Å². The van der Waals surface area contributed by atoms with Crippen LogP contribution in [0, 0.1) is 0 Å². The third kappa shape index (κ3) is 5.87. The van der Waals surface area contributed by atoms with Crippen molar-refractivity contribution in [2.75, 3.05) is 33.8 Å². The maximum atomic E-state index is 5.17. The number of nitrogens with one attached hydrogen (secondary N) is 1. The second-order valence-corrected chi connectivity index (χ2v) is 6.00. The van der Waals surface area contributed by atoms with Gasteiger partial charge in [-0.1, -0.05) is 12.1 Å². The summed E-state index contributed by atoms with van der Waals surface area (Å²) in [5.74, 6) is 0.913. The first kappa shape index (κ1) is 16.0. The number of nitrogens with zero attached hydrogens (tertiary/aromatic N) is 1. The number of likely N-dealkylation sites (N-methyl/N-ethyl adjacent to an activating group) is 1. The van der Waals surface area contributed by atoms with Crippen molar-refractivity contribution in [3.05, 3.63) is 52.2 Å². The van der Waals surface area contributed by atoms with Gasteiger partial charge in [-0.3, -0.25) is 0 Å². The Hall–Kier alpha value is -1.36. The van der Waals surface area contributed by atoms with Crippen molar-refractivity contribution in [2.45, 2.75) is 13.0 Å². The molecule has 1 aromatic heterocycles. The van der Waals surface area contributed by atoms with Crippen LogP contribution in [0.15, 0.2) is 41.1 Å². The van der Waals surface area contributed by atoms with Crippen molar-refractivity contribution in [2.24, 2.45) is 0 Å². The second-order valence-electron chi connectivity index (χ2n) is 5.22. The Bertz CT molecular complexity index is 496. The third-order valence-corrected chi connectivity index (χ3v) is 4.18. The highest BCUT2D eigenvalue weighted by Crippen LogP contribution is 2.12. The first-order valence-corrected chi connectivity index (χ1v) is 8.25. The Morgan fingerprint density at radius 3 is 2.57 bits per heavy atom. The van der Waals surface area contributed by atoms with Crippen LogP contribution in [-0.2, 0) is 13.0 Å². The van der Waals surface area contributed by atoms with Gasteiger partial charge in [0, 0.05) is 19.6 Å². The molecule has 21 heavy (non-hydrogen) atoms. The van der Waals surface area contributed by atoms with Gasteiger partial charge in [0.1, 0.15) is 5.75 Å². The molecule has 3 nitrogen and oxygen atoms in total. The quantitative estimate of drug-likeness (QED) is 0.721. The molecule has 4 heteroatoms. The van der Waals surface area contributed by atoms with E-state index in [1.165, 1.54) is 11.1 Å². The molecule has 0 unspecified atom stereocenters. The molecule has 0 spiro atoms. The Kier molecular flexibility index (Phi) is 6.73. The Balaban J connectivity index is 1.59. The van der Waals surface area contributed by atoms with Crippen LogP contribution in [0.25, 0.3) is 0 Å². The summed E-state index contributed by atoms with van der Waals surface area (Å²) in [6.07, 6.45) is 1.12. The number of methoxy groups -OCH3 is 1. The number of thiophene rings is 1. The third-order valence-electron chi connectivity index (χ3n) is 3.45. The minimum atomic E-state index is 0.913. The van der Waals surface area contributed by atoms with Gasteiger partial charge in [-0.2, -0.15) is 11.3 Å². The van der Waals surface area contributed by atoms with E-state index in [0.717, 1.165) is 38.3 Å². The molecule has 0 amide bonds. The van der Waals surface area contributed by atoms with Crippen LogP contribution >= 0.6 is 11.3 Å². The summed E-state index contributed by atoms with van der Waals surface area (Å²) in [5.41, 5.74) is 2.75. The van der Waals surface area contributed by atoms with E-state index >= 15 is 0 Å². The van der Waals surface area contributed by atoms with E-state index in [1.807, 2.05) is 12.1 Å². The lowest BCUT2D eigenvalue weighted by Crippen LogP contribution is -2.30. The summed E-state index contributed by atoms with van der Waals surface area (Å²) >= 11 is 1.77. The summed E-state index contributed by atoms with van der Waals surface area (Å²) in [6.45, 7) is 4.09. The molecule has 0 bridgehead atoms. The van der Waals surface area contributed by atoms with E-state index in [0.29, 0.717) is 0 Å². The molecule has 1 aromatic carbocycles. The average Bonchev–Trinajstić information content (AvgIpc) is 3.01. The summed E-state index contributed by atoms with van der Waals surface area (Å²) in [7, 11) is 3.85. The van der Waals surface area contributed by atoms with E-state index in [2.05, 4.69) is 46.2 Å². The van der Waals surface area contributed by atoms with Crippen LogP contribution in [0.3, 0.4) is 0 Å². The molecular formula is C17H24N2OS. The lowest BCUT2D eigenvalue weighted by molar-refractivity contribution is 0.324. The van der Waals surface area contributed by atoms with Gasteiger partial charge in [-0.05, 0) is 60.1 Å². The topological polar surface area (TPSA) is 24.5 Å². The Labute approximate surface area is 131 Å². The van der Waals surface area contributed by atoms with Crippen molar-refractivity contribution in [1.29, 1.82) is 0 Å². The number of ether oxygens (including phenoxy) is 1. The molecule has 0 aliphatic rings. The zero-order valence-electron chi connectivity index (χ0n) is 12.8. The fourth-order valence-electron chi connectivity index (χ4n) is 2.18. The van der Waals surface area contributed by atoms with Gasteiger partial charge in [0.25, 0.3) is 0 Å². The monoisotopic (exact) mass is 304 g/mol. The fraction of sp³-hybridized carbons (Fsp3) is 0.412. The highest BCUT2D eigenvalue weighted by molar-refractivity contribution is 7.07. The molecule has 0 fully saturated rings. The zero-order valence-corrected chi connectivity index (χ0v) is 13.7. The normalized spacial score (nSPS) is 11.0. The van der Waals surface area contributed by atoms with E-state index in [1.54, 1.807) is 18.4 Å². The van der Waals surface area contributed by atoms with Gasteiger partial charge in [-0.25, -0.2) is 0 Å². The zero-order chi connectivity index (χ0) is 14.9. The van der Waals surface area contributed by atoms with Gasteiger partial charge in [-0.15, -0.1) is 0 Å². The van der Waals surface area contributed by atoms with E-state index in [9.17, 15) is 0 Å². The number of rotatable bonds is 9. The summed E-state index contributed by atoms with van der Waals surface area (Å²) in [5, 5.41) is 7.86. The lowest BCUT2D eigenvalue weighted by Gasteiger charge is -2.17. The van der Waals surface area contributed by atoms with Gasteiger partial charge < -0.3 is 15.0 Å². The maximum Gasteiger partial charge on any atom is 0.118 e. The number of hydrogen-bond donors (Lipinski definition) is 1. The van der Waals surface area contributed by atoms with Crippen LogP contribution < -0.4 is 10.1 Å². The van der Waals surface area contributed by atoms with Gasteiger partial charge in [0.05, 0.1) is 7.11 Å². The van der Waals surface area contributed by atoms with Crippen molar-refractivity contribution in [3.8, 4) is 5.75 Å². The molecule has 1 heterocycles. The molecule has 0 saturated heterocycles. The maximum absolute atomic E-state index is 5.17. The smallest absolute Gasteiger partial charge is 0.118 e. The summed E-state index contributed by atoms with van der Waals surface area (Å²) < 4.78 is 5.17. The first-order valence-electron chi connectivity index (χ1n) is 7.31. The Morgan fingerprint density at radius 2 is 1.90 bits per heavy atom. The van der Waals surface area contributed by atoms with E-state index in [4.69, 9.17) is 4.74 Å². The van der Waals surface area contributed by atoms with Crippen LogP contribution in [0.1, 0.15) is 11.1 Å². The second kappa shape index (κ2) is 8.82. The molecule has 0 saturated carbocycles. The molecule has 0 atom stereocenters. The van der Waals surface area contributed by atoms with Crippen molar-refractivity contribution in [3.63, 3.8) is 0 Å². The summed E-state index contributed by atoms with van der Waals surface area (Å²) in [6, 6.07) is 10.5. The fourth-order valence-corrected chi connectivity index (χ4v) is 2.89. The molecule has 2 rings (SSSR count). The van der Waals surface area contributed by atoms with Crippen LogP contribution in [0.4, 0.5) is 0 Å². The van der Waals surface area contributed by atoms with Gasteiger partial charge >= 0.3 is 0 Å².